The van der Waals surface area contributed by atoms with Gasteiger partial charge in [0, 0.05) is 18.7 Å². The van der Waals surface area contributed by atoms with Crippen LogP contribution in [-0.2, 0) is 6.42 Å². The van der Waals surface area contributed by atoms with E-state index >= 15 is 0 Å². The SMILES string of the molecule is CCc1cc(O)ccc1-c1ccc2c(c1)NNC2c1ncc(C2=CCN(C)CC2)[nH]1. The molecule has 0 spiro atoms. The quantitative estimate of drug-likeness (QED) is 0.530. The van der Waals surface area contributed by atoms with E-state index < -0.39 is 0 Å². The second-order valence-electron chi connectivity index (χ2n) is 8.12. The van der Waals surface area contributed by atoms with Gasteiger partial charge in [-0.1, -0.05) is 31.2 Å². The minimum Gasteiger partial charge on any atom is -0.508 e. The zero-order valence-corrected chi connectivity index (χ0v) is 17.4. The summed E-state index contributed by atoms with van der Waals surface area (Å²) in [6.07, 6.45) is 6.14. The van der Waals surface area contributed by atoms with Crippen molar-refractivity contribution in [2.24, 2.45) is 0 Å². The van der Waals surface area contributed by atoms with Gasteiger partial charge in [-0.25, -0.2) is 10.4 Å². The molecular formula is C24H27N5O. The first-order chi connectivity index (χ1) is 14.6. The van der Waals surface area contributed by atoms with E-state index in [1.54, 1.807) is 6.07 Å². The Kier molecular flexibility index (Phi) is 4.81. The van der Waals surface area contributed by atoms with Gasteiger partial charge in [0.1, 0.15) is 17.6 Å². The van der Waals surface area contributed by atoms with Crippen molar-refractivity contribution in [3.05, 3.63) is 71.3 Å². The number of aromatic amines is 1. The monoisotopic (exact) mass is 401 g/mol. The summed E-state index contributed by atoms with van der Waals surface area (Å²) in [4.78, 5) is 10.5. The highest BCUT2D eigenvalue weighted by atomic mass is 16.3. The summed E-state index contributed by atoms with van der Waals surface area (Å²) < 4.78 is 0. The lowest BCUT2D eigenvalue weighted by Gasteiger charge is -2.21. The second kappa shape index (κ2) is 7.63. The molecule has 3 aromatic rings. The van der Waals surface area contributed by atoms with E-state index in [0.717, 1.165) is 59.8 Å². The fourth-order valence-corrected chi connectivity index (χ4v) is 4.34. The van der Waals surface area contributed by atoms with E-state index in [9.17, 15) is 5.11 Å². The Morgan fingerprint density at radius 3 is 2.90 bits per heavy atom. The van der Waals surface area contributed by atoms with Crippen LogP contribution >= 0.6 is 0 Å². The lowest BCUT2D eigenvalue weighted by atomic mass is 9.95. The average molecular weight is 402 g/mol. The number of phenolic OH excluding ortho intramolecular Hbond substituents is 1. The van der Waals surface area contributed by atoms with Crippen molar-refractivity contribution in [3.63, 3.8) is 0 Å². The average Bonchev–Trinajstić information content (AvgIpc) is 3.40. The molecule has 6 heteroatoms. The molecule has 2 aliphatic rings. The lowest BCUT2D eigenvalue weighted by molar-refractivity contribution is 0.370. The first-order valence-corrected chi connectivity index (χ1v) is 10.5. The molecule has 0 fully saturated rings. The standard InChI is InChI=1S/C24H27N5O/c1-3-15-12-18(30)5-7-19(15)17-4-6-20-21(13-17)27-28-23(20)24-25-14-22(26-24)16-8-10-29(2)11-9-16/h4-8,12-14,23,27-28,30H,3,9-11H2,1-2H3,(H,25,26). The smallest absolute Gasteiger partial charge is 0.130 e. The number of hydrogen-bond donors (Lipinski definition) is 4. The van der Waals surface area contributed by atoms with E-state index in [0.29, 0.717) is 5.75 Å². The summed E-state index contributed by atoms with van der Waals surface area (Å²) in [6, 6.07) is 12.0. The van der Waals surface area contributed by atoms with Gasteiger partial charge in [0.15, 0.2) is 0 Å². The van der Waals surface area contributed by atoms with Gasteiger partial charge in [-0.3, -0.25) is 0 Å². The molecular weight excluding hydrogens is 374 g/mol. The fourth-order valence-electron chi connectivity index (χ4n) is 4.34. The molecule has 1 unspecified atom stereocenters. The van der Waals surface area contributed by atoms with Crippen molar-refractivity contribution < 1.29 is 5.11 Å². The molecule has 4 N–H and O–H groups in total. The predicted molar refractivity (Wildman–Crippen MR) is 120 cm³/mol. The third-order valence-corrected chi connectivity index (χ3v) is 6.12. The van der Waals surface area contributed by atoms with Crippen molar-refractivity contribution in [1.82, 2.24) is 20.3 Å². The van der Waals surface area contributed by atoms with Crippen LogP contribution in [0, 0.1) is 0 Å². The fraction of sp³-hybridized carbons (Fsp3) is 0.292. The van der Waals surface area contributed by atoms with Crippen LogP contribution < -0.4 is 10.9 Å². The first-order valence-electron chi connectivity index (χ1n) is 10.5. The molecule has 3 heterocycles. The van der Waals surface area contributed by atoms with E-state index in [-0.39, 0.29) is 6.04 Å². The number of fused-ring (bicyclic) bond motifs is 1. The number of aromatic hydroxyl groups is 1. The maximum Gasteiger partial charge on any atom is 0.130 e. The van der Waals surface area contributed by atoms with E-state index in [4.69, 9.17) is 0 Å². The zero-order chi connectivity index (χ0) is 20.7. The summed E-state index contributed by atoms with van der Waals surface area (Å²) in [5.74, 6) is 1.23. The minimum atomic E-state index is -0.0138. The van der Waals surface area contributed by atoms with Crippen LogP contribution in [0.1, 0.15) is 42.0 Å². The molecule has 0 amide bonds. The van der Waals surface area contributed by atoms with E-state index in [1.165, 1.54) is 11.1 Å². The summed E-state index contributed by atoms with van der Waals surface area (Å²) in [5.41, 5.74) is 14.8. The number of benzene rings is 2. The molecule has 2 aromatic carbocycles. The predicted octanol–water partition coefficient (Wildman–Crippen LogP) is 4.08. The Bertz CT molecular complexity index is 1120. The van der Waals surface area contributed by atoms with Crippen LogP contribution in [-0.4, -0.2) is 40.1 Å². The number of hydrazine groups is 1. The van der Waals surface area contributed by atoms with Crippen LogP contribution in [0.5, 0.6) is 5.75 Å². The molecule has 154 valence electrons. The van der Waals surface area contributed by atoms with Crippen molar-refractivity contribution in [3.8, 4) is 16.9 Å². The largest absolute Gasteiger partial charge is 0.508 e. The Balaban J connectivity index is 1.42. The van der Waals surface area contributed by atoms with Gasteiger partial charge in [0.2, 0.25) is 0 Å². The van der Waals surface area contributed by atoms with Crippen LogP contribution in [0.3, 0.4) is 0 Å². The third kappa shape index (κ3) is 3.38. The molecule has 0 saturated heterocycles. The number of phenols is 1. The Morgan fingerprint density at radius 2 is 2.10 bits per heavy atom. The van der Waals surface area contributed by atoms with Crippen LogP contribution in [0.2, 0.25) is 0 Å². The first kappa shape index (κ1) is 18.9. The van der Waals surface area contributed by atoms with Crippen LogP contribution in [0.25, 0.3) is 16.7 Å². The number of rotatable bonds is 4. The van der Waals surface area contributed by atoms with Crippen molar-refractivity contribution >= 4 is 11.3 Å². The van der Waals surface area contributed by atoms with Gasteiger partial charge in [-0.2, -0.15) is 0 Å². The van der Waals surface area contributed by atoms with Crippen LogP contribution in [0.4, 0.5) is 5.69 Å². The number of imidazole rings is 1. The summed E-state index contributed by atoms with van der Waals surface area (Å²) >= 11 is 0. The molecule has 30 heavy (non-hydrogen) atoms. The maximum absolute atomic E-state index is 9.80. The topological polar surface area (TPSA) is 76.2 Å². The third-order valence-electron chi connectivity index (χ3n) is 6.12. The lowest BCUT2D eigenvalue weighted by Crippen LogP contribution is -2.23. The van der Waals surface area contributed by atoms with Crippen molar-refractivity contribution in [2.45, 2.75) is 25.8 Å². The number of nitrogens with one attached hydrogen (secondary N) is 3. The van der Waals surface area contributed by atoms with Crippen molar-refractivity contribution in [1.29, 1.82) is 0 Å². The summed E-state index contributed by atoms with van der Waals surface area (Å²) in [7, 11) is 2.15. The normalized spacial score (nSPS) is 18.7. The highest BCUT2D eigenvalue weighted by molar-refractivity contribution is 5.75. The highest BCUT2D eigenvalue weighted by Crippen LogP contribution is 2.37. The highest BCUT2D eigenvalue weighted by Gasteiger charge is 2.27. The number of aromatic nitrogens is 2. The maximum atomic E-state index is 9.80. The number of H-pyrrole nitrogens is 1. The summed E-state index contributed by atoms with van der Waals surface area (Å²) in [6.45, 7) is 4.16. The zero-order valence-electron chi connectivity index (χ0n) is 17.4. The van der Waals surface area contributed by atoms with Crippen molar-refractivity contribution in [2.75, 3.05) is 25.6 Å². The molecule has 0 aliphatic carbocycles. The van der Waals surface area contributed by atoms with Gasteiger partial charge in [-0.15, -0.1) is 0 Å². The van der Waals surface area contributed by atoms with E-state index in [1.807, 2.05) is 18.3 Å². The Labute approximate surface area is 176 Å². The molecule has 0 radical (unpaired) electrons. The number of hydrogen-bond acceptors (Lipinski definition) is 5. The Hall–Kier alpha value is -3.09. The molecule has 2 aliphatic heterocycles. The number of aryl methyl sites for hydroxylation is 1. The van der Waals surface area contributed by atoms with Gasteiger partial charge < -0.3 is 20.4 Å². The number of nitrogens with zero attached hydrogens (tertiary/aromatic N) is 2. The number of likely N-dealkylation sites (N-methyl/N-ethyl adjacent to an activating group) is 1. The molecule has 1 atom stereocenters. The molecule has 0 bridgehead atoms. The van der Waals surface area contributed by atoms with Gasteiger partial charge in [0.25, 0.3) is 0 Å². The molecule has 0 saturated carbocycles. The van der Waals surface area contributed by atoms with Gasteiger partial charge in [-0.05, 0) is 60.4 Å². The molecule has 5 rings (SSSR count). The van der Waals surface area contributed by atoms with Gasteiger partial charge >= 0.3 is 0 Å². The minimum absolute atomic E-state index is 0.0138. The Morgan fingerprint density at radius 1 is 1.20 bits per heavy atom. The summed E-state index contributed by atoms with van der Waals surface area (Å²) in [5, 5.41) is 9.80. The molecule has 1 aromatic heterocycles. The van der Waals surface area contributed by atoms with E-state index in [2.05, 4.69) is 64.0 Å². The van der Waals surface area contributed by atoms with Gasteiger partial charge in [0.05, 0.1) is 17.6 Å². The second-order valence-corrected chi connectivity index (χ2v) is 8.12. The molecule has 6 nitrogen and oxygen atoms in total. The van der Waals surface area contributed by atoms with Crippen LogP contribution in [0.15, 0.2) is 48.7 Å². The number of anilines is 1.